The Morgan fingerprint density at radius 3 is 2.12 bits per heavy atom. The van der Waals surface area contributed by atoms with Crippen molar-refractivity contribution in [2.75, 3.05) is 0 Å². The lowest BCUT2D eigenvalue weighted by Gasteiger charge is -2.21. The second-order valence-corrected chi connectivity index (χ2v) is 5.54. The molecule has 2 aromatic carbocycles. The highest BCUT2D eigenvalue weighted by molar-refractivity contribution is 5.77. The molecule has 0 fully saturated rings. The molecule has 0 amide bonds. The van der Waals surface area contributed by atoms with Crippen LogP contribution in [0.15, 0.2) is 54.6 Å². The maximum absolute atomic E-state index is 12.1. The molecule has 8 heteroatoms. The number of carboxylic acid groups (broad SMARTS) is 1. The van der Waals surface area contributed by atoms with Crippen LogP contribution in [-0.2, 0) is 22.6 Å². The van der Waals surface area contributed by atoms with Crippen LogP contribution >= 0.6 is 0 Å². The van der Waals surface area contributed by atoms with Crippen molar-refractivity contribution < 1.29 is 37.9 Å². The molecule has 2 aromatic rings. The van der Waals surface area contributed by atoms with Crippen LogP contribution in [0.5, 0.6) is 5.75 Å². The van der Waals surface area contributed by atoms with Gasteiger partial charge in [-0.2, -0.15) is 13.2 Å². The van der Waals surface area contributed by atoms with Gasteiger partial charge in [-0.3, -0.25) is 0 Å². The number of carboxylic acids is 1. The van der Waals surface area contributed by atoms with Gasteiger partial charge in [0.25, 0.3) is 0 Å². The summed E-state index contributed by atoms with van der Waals surface area (Å²) in [7, 11) is 0. The summed E-state index contributed by atoms with van der Waals surface area (Å²) in [6.45, 7) is 0.838. The summed E-state index contributed by atoms with van der Waals surface area (Å²) in [4.78, 5) is 20.9. The Labute approximate surface area is 147 Å². The molecule has 0 bridgehead atoms. The number of nitrogens with two attached hydrogens (primary N) is 1. The van der Waals surface area contributed by atoms with Crippen LogP contribution in [0.2, 0.25) is 0 Å². The number of carbonyl (C=O) groups is 2. The van der Waals surface area contributed by atoms with Crippen molar-refractivity contribution in [3.63, 3.8) is 0 Å². The minimum absolute atomic E-state index is 0.143. The van der Waals surface area contributed by atoms with Gasteiger partial charge in [-0.25, -0.2) is 4.79 Å². The van der Waals surface area contributed by atoms with E-state index in [-0.39, 0.29) is 12.0 Å². The fraction of sp³-hybridized carbons (Fsp3) is 0.222. The molecule has 0 aromatic heterocycles. The van der Waals surface area contributed by atoms with Crippen LogP contribution in [-0.4, -0.2) is 24.2 Å². The fourth-order valence-electron chi connectivity index (χ4n) is 2.41. The number of rotatable bonds is 2. The number of fused-ring (bicyclic) bond motifs is 1. The molecule has 26 heavy (non-hydrogen) atoms. The van der Waals surface area contributed by atoms with Crippen LogP contribution < -0.4 is 15.2 Å². The van der Waals surface area contributed by atoms with E-state index in [2.05, 4.69) is 12.1 Å². The number of hydrogen-bond donors (Lipinski definition) is 1. The molecule has 0 saturated heterocycles. The average Bonchev–Trinajstić information content (AvgIpc) is 2.62. The molecule has 3 rings (SSSR count). The summed E-state index contributed by atoms with van der Waals surface area (Å²) in [5, 5.41) is 10.8. The van der Waals surface area contributed by atoms with Crippen molar-refractivity contribution in [3.05, 3.63) is 65.7 Å². The van der Waals surface area contributed by atoms with Crippen LogP contribution in [0.1, 0.15) is 11.1 Å². The molecule has 0 saturated carbocycles. The number of halogens is 3. The third-order valence-electron chi connectivity index (χ3n) is 3.68. The Balaban J connectivity index is 0.000000298. The molecule has 1 aliphatic heterocycles. The lowest BCUT2D eigenvalue weighted by Crippen LogP contribution is -2.92. The first-order valence-corrected chi connectivity index (χ1v) is 7.72. The van der Waals surface area contributed by atoms with E-state index in [9.17, 15) is 18.0 Å². The first kappa shape index (κ1) is 19.5. The highest BCUT2D eigenvalue weighted by Gasteiger charge is 2.29. The second-order valence-electron chi connectivity index (χ2n) is 5.54. The van der Waals surface area contributed by atoms with Crippen molar-refractivity contribution in [1.29, 1.82) is 0 Å². The lowest BCUT2D eigenvalue weighted by molar-refractivity contribution is -0.696. The Morgan fingerprint density at radius 2 is 1.54 bits per heavy atom. The zero-order chi connectivity index (χ0) is 19.2. The third kappa shape index (κ3) is 5.59. The fourth-order valence-corrected chi connectivity index (χ4v) is 2.41. The molecule has 138 valence electrons. The molecule has 2 N–H and O–H groups in total. The Bertz CT molecular complexity index is 763. The number of carbonyl (C=O) groups excluding carboxylic acids is 2. The van der Waals surface area contributed by atoms with Crippen LogP contribution in [0.4, 0.5) is 13.2 Å². The zero-order valence-corrected chi connectivity index (χ0v) is 13.5. The van der Waals surface area contributed by atoms with E-state index >= 15 is 0 Å². The van der Waals surface area contributed by atoms with E-state index in [1.807, 2.05) is 35.6 Å². The molecule has 0 unspecified atom stereocenters. The second kappa shape index (κ2) is 8.48. The highest BCUT2D eigenvalue weighted by atomic mass is 19.4. The maximum Gasteiger partial charge on any atom is 0.430 e. The molecular formula is C18H16F3NO4. The normalized spacial score (nSPS) is 15.9. The molecule has 0 radical (unpaired) electrons. The van der Waals surface area contributed by atoms with Crippen LogP contribution in [0, 0.1) is 0 Å². The third-order valence-corrected chi connectivity index (χ3v) is 3.68. The number of ether oxygens (including phenoxy) is 1. The van der Waals surface area contributed by atoms with Crippen molar-refractivity contribution in [1.82, 2.24) is 0 Å². The zero-order valence-electron chi connectivity index (χ0n) is 13.5. The quantitative estimate of drug-likeness (QED) is 0.622. The SMILES string of the molecule is O=C(Oc1ccccc1)[C@@H]1Cc2ccccc2C[NH2+]1.O=C([O-])C(F)(F)F. The monoisotopic (exact) mass is 367 g/mol. The van der Waals surface area contributed by atoms with Gasteiger partial charge in [0.05, 0.1) is 0 Å². The molecule has 1 heterocycles. The van der Waals surface area contributed by atoms with Gasteiger partial charge in [0, 0.05) is 12.0 Å². The Kier molecular flexibility index (Phi) is 6.35. The Morgan fingerprint density at radius 1 is 1.00 bits per heavy atom. The van der Waals surface area contributed by atoms with Gasteiger partial charge in [-0.05, 0) is 17.7 Å². The van der Waals surface area contributed by atoms with E-state index in [1.54, 1.807) is 12.1 Å². The molecule has 1 aliphatic rings. The predicted molar refractivity (Wildman–Crippen MR) is 82.7 cm³/mol. The number of esters is 1. The first-order chi connectivity index (χ1) is 12.3. The summed E-state index contributed by atoms with van der Waals surface area (Å²) in [5.74, 6) is -2.56. The topological polar surface area (TPSA) is 83.0 Å². The van der Waals surface area contributed by atoms with E-state index in [4.69, 9.17) is 14.6 Å². The van der Waals surface area contributed by atoms with E-state index < -0.39 is 12.1 Å². The van der Waals surface area contributed by atoms with E-state index in [1.165, 1.54) is 11.1 Å². The van der Waals surface area contributed by atoms with Gasteiger partial charge in [0.15, 0.2) is 6.04 Å². The molecule has 0 aliphatic carbocycles. The summed E-state index contributed by atoms with van der Waals surface area (Å²) in [6, 6.07) is 17.3. The molecular weight excluding hydrogens is 351 g/mol. The molecule has 5 nitrogen and oxygen atoms in total. The summed E-state index contributed by atoms with van der Waals surface area (Å²) in [6.07, 6.45) is -4.46. The largest absolute Gasteiger partial charge is 0.542 e. The Hall–Kier alpha value is -2.87. The van der Waals surface area contributed by atoms with Gasteiger partial charge in [0.1, 0.15) is 18.3 Å². The van der Waals surface area contributed by atoms with Crippen LogP contribution in [0.3, 0.4) is 0 Å². The van der Waals surface area contributed by atoms with Gasteiger partial charge in [-0.15, -0.1) is 0 Å². The van der Waals surface area contributed by atoms with Crippen molar-refractivity contribution in [2.45, 2.75) is 25.2 Å². The smallest absolute Gasteiger partial charge is 0.430 e. The van der Waals surface area contributed by atoms with Crippen molar-refractivity contribution in [3.8, 4) is 5.75 Å². The number of quaternary nitrogens is 1. The summed E-state index contributed by atoms with van der Waals surface area (Å²) in [5.41, 5.74) is 2.56. The van der Waals surface area contributed by atoms with Crippen molar-refractivity contribution >= 4 is 11.9 Å². The number of hydrogen-bond acceptors (Lipinski definition) is 4. The van der Waals surface area contributed by atoms with Crippen LogP contribution in [0.25, 0.3) is 0 Å². The minimum Gasteiger partial charge on any atom is -0.542 e. The first-order valence-electron chi connectivity index (χ1n) is 7.72. The van der Waals surface area contributed by atoms with Gasteiger partial charge >= 0.3 is 12.1 Å². The van der Waals surface area contributed by atoms with Crippen molar-refractivity contribution in [2.24, 2.45) is 0 Å². The van der Waals surface area contributed by atoms with Gasteiger partial charge in [0.2, 0.25) is 0 Å². The predicted octanol–water partition coefficient (Wildman–Crippen LogP) is 0.579. The maximum atomic E-state index is 12.1. The molecule has 1 atom stereocenters. The lowest BCUT2D eigenvalue weighted by atomic mass is 9.96. The summed E-state index contributed by atoms with van der Waals surface area (Å²) >= 11 is 0. The average molecular weight is 367 g/mol. The molecule has 0 spiro atoms. The number of benzene rings is 2. The van der Waals surface area contributed by atoms with E-state index in [0.29, 0.717) is 5.75 Å². The number of aliphatic carboxylic acids is 1. The van der Waals surface area contributed by atoms with Gasteiger partial charge in [-0.1, -0.05) is 42.5 Å². The standard InChI is InChI=1S/C16H15NO2.C2HF3O2/c18-16(19-14-8-2-1-3-9-14)15-10-12-6-4-5-7-13(12)11-17-15;3-2(4,5)1(6)7/h1-9,15,17H,10-11H2;(H,6,7)/t15-;/m0./s1. The minimum atomic E-state index is -5.19. The number of para-hydroxylation sites is 1. The summed E-state index contributed by atoms with van der Waals surface area (Å²) < 4.78 is 36.9. The number of alkyl halides is 3. The van der Waals surface area contributed by atoms with Gasteiger partial charge < -0.3 is 20.0 Å². The highest BCUT2D eigenvalue weighted by Crippen LogP contribution is 2.15. The van der Waals surface area contributed by atoms with E-state index in [0.717, 1.165) is 13.0 Å².